The number of hydrogen-bond donors (Lipinski definition) is 2. The van der Waals surface area contributed by atoms with Crippen molar-refractivity contribution >= 4 is 17.3 Å². The standard InChI is InChI=1S/C17H22F2N4O2S/c1-4-20-17(23-10-15-21-8-11(2)26-15)22-9-12-5-6-13(24-3)14(7-12)25-16(18)19/h5-8,16H,4,9-10H2,1-3H3,(H2,20,22,23). The van der Waals surface area contributed by atoms with Crippen LogP contribution < -0.4 is 20.1 Å². The van der Waals surface area contributed by atoms with Crippen LogP contribution in [0.1, 0.15) is 22.4 Å². The normalized spacial score (nSPS) is 11.5. The second-order valence-electron chi connectivity index (χ2n) is 5.28. The maximum Gasteiger partial charge on any atom is 0.387 e. The molecule has 0 aliphatic heterocycles. The van der Waals surface area contributed by atoms with E-state index in [0.29, 0.717) is 25.6 Å². The number of alkyl halides is 2. The Morgan fingerprint density at radius 2 is 2.12 bits per heavy atom. The molecule has 0 fully saturated rings. The van der Waals surface area contributed by atoms with Crippen LogP contribution in [0.25, 0.3) is 0 Å². The van der Waals surface area contributed by atoms with E-state index in [1.165, 1.54) is 13.2 Å². The van der Waals surface area contributed by atoms with E-state index in [1.54, 1.807) is 23.5 Å². The first kappa shape index (κ1) is 19.9. The van der Waals surface area contributed by atoms with Gasteiger partial charge in [0.05, 0.1) is 20.2 Å². The molecule has 9 heteroatoms. The lowest BCUT2D eigenvalue weighted by atomic mass is 10.2. The number of halogens is 2. The van der Waals surface area contributed by atoms with Crippen LogP contribution >= 0.6 is 11.3 Å². The summed E-state index contributed by atoms with van der Waals surface area (Å²) in [6, 6.07) is 4.85. The number of guanidine groups is 1. The van der Waals surface area contributed by atoms with Crippen molar-refractivity contribution in [1.82, 2.24) is 15.6 Å². The van der Waals surface area contributed by atoms with Crippen molar-refractivity contribution in [2.75, 3.05) is 13.7 Å². The number of methoxy groups -OCH3 is 1. The van der Waals surface area contributed by atoms with Gasteiger partial charge >= 0.3 is 6.61 Å². The summed E-state index contributed by atoms with van der Waals surface area (Å²) in [7, 11) is 1.40. The number of ether oxygens (including phenoxy) is 2. The molecule has 26 heavy (non-hydrogen) atoms. The fourth-order valence-electron chi connectivity index (χ4n) is 2.16. The van der Waals surface area contributed by atoms with Crippen molar-refractivity contribution in [3.8, 4) is 11.5 Å². The first-order valence-corrected chi connectivity index (χ1v) is 8.88. The zero-order chi connectivity index (χ0) is 18.9. The Morgan fingerprint density at radius 1 is 1.31 bits per heavy atom. The maximum atomic E-state index is 12.5. The SMILES string of the molecule is CCNC(=NCc1ccc(OC)c(OC(F)F)c1)NCc1ncc(C)s1. The Balaban J connectivity index is 2.05. The molecule has 0 bridgehead atoms. The number of nitrogens with zero attached hydrogens (tertiary/aromatic N) is 2. The van der Waals surface area contributed by atoms with E-state index < -0.39 is 6.61 Å². The van der Waals surface area contributed by atoms with Gasteiger partial charge in [-0.25, -0.2) is 9.98 Å². The number of nitrogens with one attached hydrogen (secondary N) is 2. The van der Waals surface area contributed by atoms with Crippen molar-refractivity contribution in [3.05, 3.63) is 39.8 Å². The van der Waals surface area contributed by atoms with Crippen molar-refractivity contribution in [1.29, 1.82) is 0 Å². The van der Waals surface area contributed by atoms with Crippen LogP contribution in [0.3, 0.4) is 0 Å². The number of benzene rings is 1. The molecule has 0 amide bonds. The van der Waals surface area contributed by atoms with Crippen LogP contribution in [0.5, 0.6) is 11.5 Å². The number of aromatic nitrogens is 1. The largest absolute Gasteiger partial charge is 0.493 e. The smallest absolute Gasteiger partial charge is 0.387 e. The Kier molecular flexibility index (Phi) is 7.58. The van der Waals surface area contributed by atoms with Gasteiger partial charge in [0, 0.05) is 17.6 Å². The molecular formula is C17H22F2N4O2S. The molecule has 2 N–H and O–H groups in total. The highest BCUT2D eigenvalue weighted by atomic mass is 32.1. The quantitative estimate of drug-likeness (QED) is 0.540. The van der Waals surface area contributed by atoms with Crippen molar-refractivity contribution in [2.45, 2.75) is 33.5 Å². The van der Waals surface area contributed by atoms with Crippen LogP contribution in [-0.2, 0) is 13.1 Å². The van der Waals surface area contributed by atoms with Gasteiger partial charge in [-0.3, -0.25) is 0 Å². The maximum absolute atomic E-state index is 12.5. The minimum absolute atomic E-state index is 0.00794. The fourth-order valence-corrected chi connectivity index (χ4v) is 2.89. The molecule has 0 aliphatic carbocycles. The molecule has 1 aromatic carbocycles. The highest BCUT2D eigenvalue weighted by Crippen LogP contribution is 2.29. The fraction of sp³-hybridized carbons (Fsp3) is 0.412. The van der Waals surface area contributed by atoms with Crippen molar-refractivity contribution < 1.29 is 18.3 Å². The van der Waals surface area contributed by atoms with Crippen LogP contribution in [0.15, 0.2) is 29.4 Å². The van der Waals surface area contributed by atoms with Crippen molar-refractivity contribution in [2.24, 2.45) is 4.99 Å². The molecule has 1 heterocycles. The predicted octanol–water partition coefficient (Wildman–Crippen LogP) is 3.32. The summed E-state index contributed by atoms with van der Waals surface area (Å²) in [5.74, 6) is 0.862. The summed E-state index contributed by atoms with van der Waals surface area (Å²) in [6.45, 7) is 2.62. The summed E-state index contributed by atoms with van der Waals surface area (Å²) >= 11 is 1.62. The molecule has 2 rings (SSSR count). The molecule has 0 saturated heterocycles. The highest BCUT2D eigenvalue weighted by molar-refractivity contribution is 7.11. The number of hydrogen-bond acceptors (Lipinski definition) is 5. The summed E-state index contributed by atoms with van der Waals surface area (Å²) in [6.07, 6.45) is 1.83. The summed E-state index contributed by atoms with van der Waals surface area (Å²) in [5.41, 5.74) is 0.726. The molecular weight excluding hydrogens is 362 g/mol. The van der Waals surface area contributed by atoms with E-state index in [-0.39, 0.29) is 11.5 Å². The zero-order valence-corrected chi connectivity index (χ0v) is 15.7. The molecule has 6 nitrogen and oxygen atoms in total. The monoisotopic (exact) mass is 384 g/mol. The average molecular weight is 384 g/mol. The molecule has 0 unspecified atom stereocenters. The molecule has 1 aromatic heterocycles. The Hall–Kier alpha value is -2.42. The predicted molar refractivity (Wildman–Crippen MR) is 98.1 cm³/mol. The first-order chi connectivity index (χ1) is 12.5. The summed E-state index contributed by atoms with van der Waals surface area (Å²) in [4.78, 5) is 9.91. The topological polar surface area (TPSA) is 67.8 Å². The van der Waals surface area contributed by atoms with Gasteiger partial charge in [0.1, 0.15) is 5.01 Å². The van der Waals surface area contributed by atoms with Gasteiger partial charge in [-0.2, -0.15) is 8.78 Å². The summed E-state index contributed by atoms with van der Waals surface area (Å²) < 4.78 is 34.6. The van der Waals surface area contributed by atoms with E-state index in [4.69, 9.17) is 4.74 Å². The average Bonchev–Trinajstić information content (AvgIpc) is 3.02. The molecule has 142 valence electrons. The third-order valence-corrected chi connectivity index (χ3v) is 4.20. The van der Waals surface area contributed by atoms with E-state index in [1.807, 2.05) is 20.0 Å². The molecule has 2 aromatic rings. The zero-order valence-electron chi connectivity index (χ0n) is 14.9. The van der Waals surface area contributed by atoms with Crippen molar-refractivity contribution in [3.63, 3.8) is 0 Å². The van der Waals surface area contributed by atoms with E-state index >= 15 is 0 Å². The van der Waals surface area contributed by atoms with Crippen LogP contribution in [-0.4, -0.2) is 31.2 Å². The van der Waals surface area contributed by atoms with Gasteiger partial charge in [-0.1, -0.05) is 6.07 Å². The molecule has 0 aliphatic rings. The second kappa shape index (κ2) is 9.91. The van der Waals surface area contributed by atoms with Gasteiger partial charge in [0.25, 0.3) is 0 Å². The van der Waals surface area contributed by atoms with Crippen LogP contribution in [0.2, 0.25) is 0 Å². The number of thiazole rings is 1. The Bertz CT molecular complexity index is 737. The van der Waals surface area contributed by atoms with E-state index in [2.05, 4.69) is 25.3 Å². The molecule has 0 saturated carbocycles. The minimum Gasteiger partial charge on any atom is -0.493 e. The lowest BCUT2D eigenvalue weighted by molar-refractivity contribution is -0.0512. The van der Waals surface area contributed by atoms with E-state index in [0.717, 1.165) is 15.4 Å². The third kappa shape index (κ3) is 6.14. The first-order valence-electron chi connectivity index (χ1n) is 8.07. The minimum atomic E-state index is -2.91. The molecule has 0 radical (unpaired) electrons. The van der Waals surface area contributed by atoms with Crippen LogP contribution in [0, 0.1) is 6.92 Å². The van der Waals surface area contributed by atoms with Gasteiger partial charge in [0.2, 0.25) is 0 Å². The number of rotatable bonds is 8. The van der Waals surface area contributed by atoms with Gasteiger partial charge in [-0.05, 0) is 31.5 Å². The van der Waals surface area contributed by atoms with Gasteiger partial charge < -0.3 is 20.1 Å². The number of aliphatic imine (C=N–C) groups is 1. The third-order valence-electron chi connectivity index (χ3n) is 3.28. The lowest BCUT2D eigenvalue weighted by Crippen LogP contribution is -2.36. The number of aryl methyl sites for hydroxylation is 1. The lowest BCUT2D eigenvalue weighted by Gasteiger charge is -2.12. The molecule has 0 atom stereocenters. The Labute approximate surface area is 155 Å². The van der Waals surface area contributed by atoms with E-state index in [9.17, 15) is 8.78 Å². The van der Waals surface area contributed by atoms with Gasteiger partial charge in [0.15, 0.2) is 17.5 Å². The van der Waals surface area contributed by atoms with Crippen LogP contribution in [0.4, 0.5) is 8.78 Å². The molecule has 0 spiro atoms. The second-order valence-corrected chi connectivity index (χ2v) is 6.60. The Morgan fingerprint density at radius 3 is 2.73 bits per heavy atom. The van der Waals surface area contributed by atoms with Gasteiger partial charge in [-0.15, -0.1) is 11.3 Å². The highest BCUT2D eigenvalue weighted by Gasteiger charge is 2.11. The summed E-state index contributed by atoms with van der Waals surface area (Å²) in [5, 5.41) is 7.30.